The van der Waals surface area contributed by atoms with Gasteiger partial charge in [0.25, 0.3) is 0 Å². The van der Waals surface area contributed by atoms with Gasteiger partial charge in [0.1, 0.15) is 0 Å². The summed E-state index contributed by atoms with van der Waals surface area (Å²) in [7, 11) is 0. The van der Waals surface area contributed by atoms with Gasteiger partial charge in [-0.2, -0.15) is 4.98 Å². The van der Waals surface area contributed by atoms with E-state index in [0.29, 0.717) is 36.1 Å². The van der Waals surface area contributed by atoms with Crippen molar-refractivity contribution in [2.75, 3.05) is 0 Å². The smallest absolute Gasteiger partial charge is 0.227 e. The zero-order chi connectivity index (χ0) is 20.8. The second-order valence-electron chi connectivity index (χ2n) is 7.67. The lowest BCUT2D eigenvalue weighted by Gasteiger charge is -2.34. The molecule has 4 rings (SSSR count). The minimum absolute atomic E-state index is 0.114. The summed E-state index contributed by atoms with van der Waals surface area (Å²) in [6.07, 6.45) is 10.0. The number of carbonyl (C=O) groups is 1. The van der Waals surface area contributed by atoms with E-state index in [1.807, 2.05) is 41.4 Å². The maximum absolute atomic E-state index is 13.1. The minimum atomic E-state index is 0.114. The van der Waals surface area contributed by atoms with Crippen LogP contribution in [0.4, 0.5) is 0 Å². The quantitative estimate of drug-likeness (QED) is 0.528. The standard InChI is InChI=1S/C23H25ClN4O2/c24-20-11-5-4-10-19(20)23-26-21(30-27-23)12-13-22(29)28(18-8-2-1-3-9-18)16-17-7-6-14-25-15-17/h4-7,10-11,14-15,18H,1-3,8-9,12-13,16H2. The SMILES string of the molecule is O=C(CCc1nc(-c2ccccc2Cl)no1)N(Cc1cccnc1)C1CCCCC1. The molecule has 1 aromatic carbocycles. The van der Waals surface area contributed by atoms with Crippen molar-refractivity contribution >= 4 is 17.5 Å². The van der Waals surface area contributed by atoms with Gasteiger partial charge in [-0.25, -0.2) is 0 Å². The van der Waals surface area contributed by atoms with Gasteiger partial charge in [-0.05, 0) is 36.6 Å². The zero-order valence-electron chi connectivity index (χ0n) is 16.8. The molecule has 0 spiro atoms. The lowest BCUT2D eigenvalue weighted by molar-refractivity contribution is -0.135. The van der Waals surface area contributed by atoms with E-state index < -0.39 is 0 Å². The van der Waals surface area contributed by atoms with E-state index in [9.17, 15) is 4.79 Å². The summed E-state index contributed by atoms with van der Waals surface area (Å²) in [6.45, 7) is 0.589. The molecule has 1 fully saturated rings. The molecule has 0 unspecified atom stereocenters. The second-order valence-corrected chi connectivity index (χ2v) is 8.07. The van der Waals surface area contributed by atoms with Crippen molar-refractivity contribution in [2.24, 2.45) is 0 Å². The average molecular weight is 425 g/mol. The third kappa shape index (κ3) is 5.05. The molecule has 0 atom stereocenters. The van der Waals surface area contributed by atoms with Gasteiger partial charge >= 0.3 is 0 Å². The summed E-state index contributed by atoms with van der Waals surface area (Å²) < 4.78 is 5.37. The topological polar surface area (TPSA) is 72.1 Å². The average Bonchev–Trinajstić information content (AvgIpc) is 3.26. The molecule has 6 nitrogen and oxygen atoms in total. The molecule has 2 aromatic heterocycles. The van der Waals surface area contributed by atoms with Crippen LogP contribution in [0.2, 0.25) is 5.02 Å². The van der Waals surface area contributed by atoms with E-state index in [-0.39, 0.29) is 11.9 Å². The van der Waals surface area contributed by atoms with E-state index in [1.54, 1.807) is 12.3 Å². The van der Waals surface area contributed by atoms with Crippen molar-refractivity contribution in [1.29, 1.82) is 0 Å². The normalized spacial score (nSPS) is 14.6. The number of pyridine rings is 1. The number of rotatable bonds is 7. The van der Waals surface area contributed by atoms with Crippen molar-refractivity contribution in [3.05, 3.63) is 65.3 Å². The van der Waals surface area contributed by atoms with E-state index >= 15 is 0 Å². The molecule has 3 aromatic rings. The summed E-state index contributed by atoms with van der Waals surface area (Å²) in [5.74, 6) is 1.01. The van der Waals surface area contributed by atoms with Crippen LogP contribution < -0.4 is 0 Å². The Morgan fingerprint density at radius 1 is 1.13 bits per heavy atom. The number of hydrogen-bond donors (Lipinski definition) is 0. The molecule has 0 aliphatic heterocycles. The summed E-state index contributed by atoms with van der Waals surface area (Å²) in [5, 5.41) is 4.59. The molecule has 7 heteroatoms. The molecule has 1 aliphatic rings. The monoisotopic (exact) mass is 424 g/mol. The lowest BCUT2D eigenvalue weighted by atomic mass is 9.93. The van der Waals surface area contributed by atoms with Crippen molar-refractivity contribution < 1.29 is 9.32 Å². The predicted molar refractivity (Wildman–Crippen MR) is 115 cm³/mol. The highest BCUT2D eigenvalue weighted by atomic mass is 35.5. The van der Waals surface area contributed by atoms with Gasteiger partial charge in [0.2, 0.25) is 17.6 Å². The van der Waals surface area contributed by atoms with E-state index in [4.69, 9.17) is 16.1 Å². The Kier molecular flexibility index (Phi) is 6.74. The van der Waals surface area contributed by atoms with Gasteiger partial charge in [0, 0.05) is 43.4 Å². The molecule has 0 saturated heterocycles. The fourth-order valence-corrected chi connectivity index (χ4v) is 4.19. The summed E-state index contributed by atoms with van der Waals surface area (Å²) >= 11 is 6.21. The van der Waals surface area contributed by atoms with Gasteiger partial charge in [0.15, 0.2) is 0 Å². The number of carbonyl (C=O) groups excluding carboxylic acids is 1. The molecule has 2 heterocycles. The van der Waals surface area contributed by atoms with E-state index in [0.717, 1.165) is 24.0 Å². The fourth-order valence-electron chi connectivity index (χ4n) is 3.97. The molecular weight excluding hydrogens is 400 g/mol. The van der Waals surface area contributed by atoms with Gasteiger partial charge < -0.3 is 9.42 Å². The Balaban J connectivity index is 1.43. The molecule has 1 saturated carbocycles. The Labute approximate surface area is 181 Å². The van der Waals surface area contributed by atoms with Crippen LogP contribution in [0.15, 0.2) is 53.3 Å². The molecule has 0 N–H and O–H groups in total. The zero-order valence-corrected chi connectivity index (χ0v) is 17.6. The van der Waals surface area contributed by atoms with Crippen molar-refractivity contribution in [3.63, 3.8) is 0 Å². The summed E-state index contributed by atoms with van der Waals surface area (Å²) in [6, 6.07) is 11.6. The van der Waals surface area contributed by atoms with Crippen LogP contribution in [0.1, 0.15) is 50.0 Å². The molecule has 0 radical (unpaired) electrons. The van der Waals surface area contributed by atoms with Gasteiger partial charge in [-0.1, -0.05) is 54.2 Å². The van der Waals surface area contributed by atoms with Crippen LogP contribution in [-0.2, 0) is 17.8 Å². The van der Waals surface area contributed by atoms with Gasteiger partial charge in [0.05, 0.1) is 5.02 Å². The Bertz CT molecular complexity index is 970. The number of halogens is 1. The maximum Gasteiger partial charge on any atom is 0.227 e. The van der Waals surface area contributed by atoms with Crippen LogP contribution in [0, 0.1) is 0 Å². The first kappa shape index (κ1) is 20.5. The first-order valence-corrected chi connectivity index (χ1v) is 10.8. The lowest BCUT2D eigenvalue weighted by Crippen LogP contribution is -2.41. The van der Waals surface area contributed by atoms with Crippen molar-refractivity contribution in [1.82, 2.24) is 20.0 Å². The molecule has 0 bridgehead atoms. The van der Waals surface area contributed by atoms with Gasteiger partial charge in [-0.15, -0.1) is 0 Å². The first-order chi connectivity index (χ1) is 14.7. The highest BCUT2D eigenvalue weighted by Crippen LogP contribution is 2.26. The fraction of sp³-hybridized carbons (Fsp3) is 0.391. The summed E-state index contributed by atoms with van der Waals surface area (Å²) in [4.78, 5) is 23.8. The van der Waals surface area contributed by atoms with Crippen molar-refractivity contribution in [2.45, 2.75) is 57.5 Å². The molecule has 30 heavy (non-hydrogen) atoms. The van der Waals surface area contributed by atoms with Crippen LogP contribution in [0.25, 0.3) is 11.4 Å². The number of hydrogen-bond acceptors (Lipinski definition) is 5. The molecule has 1 aliphatic carbocycles. The maximum atomic E-state index is 13.1. The predicted octanol–water partition coefficient (Wildman–Crippen LogP) is 5.08. The van der Waals surface area contributed by atoms with Gasteiger partial charge in [-0.3, -0.25) is 9.78 Å². The van der Waals surface area contributed by atoms with Crippen LogP contribution in [0.5, 0.6) is 0 Å². The third-order valence-corrected chi connectivity index (χ3v) is 5.88. The Morgan fingerprint density at radius 3 is 2.73 bits per heavy atom. The molecule has 156 valence electrons. The van der Waals surface area contributed by atoms with E-state index in [1.165, 1.54) is 19.3 Å². The number of nitrogens with zero attached hydrogens (tertiary/aromatic N) is 4. The largest absolute Gasteiger partial charge is 0.339 e. The highest BCUT2D eigenvalue weighted by molar-refractivity contribution is 6.33. The Hall–Kier alpha value is -2.73. The first-order valence-electron chi connectivity index (χ1n) is 10.5. The Morgan fingerprint density at radius 2 is 1.97 bits per heavy atom. The van der Waals surface area contributed by atoms with Crippen LogP contribution >= 0.6 is 11.6 Å². The highest BCUT2D eigenvalue weighted by Gasteiger charge is 2.26. The van der Waals surface area contributed by atoms with E-state index in [2.05, 4.69) is 15.1 Å². The van der Waals surface area contributed by atoms with Crippen molar-refractivity contribution in [3.8, 4) is 11.4 Å². The summed E-state index contributed by atoms with van der Waals surface area (Å²) in [5.41, 5.74) is 1.77. The third-order valence-electron chi connectivity index (χ3n) is 5.55. The molecular formula is C23H25ClN4O2. The number of aryl methyl sites for hydroxylation is 1. The molecule has 1 amide bonds. The second kappa shape index (κ2) is 9.85. The number of amides is 1. The number of aromatic nitrogens is 3. The van der Waals surface area contributed by atoms with Crippen LogP contribution in [-0.4, -0.2) is 32.0 Å². The number of benzene rings is 1. The minimum Gasteiger partial charge on any atom is -0.339 e. The van der Waals surface area contributed by atoms with Crippen LogP contribution in [0.3, 0.4) is 0 Å².